The molecule has 0 aliphatic carbocycles. The summed E-state index contributed by atoms with van der Waals surface area (Å²) < 4.78 is 5.13. The fraction of sp³-hybridized carbons (Fsp3) is 0.368. The number of aryl methyl sites for hydroxylation is 1. The fourth-order valence-corrected chi connectivity index (χ4v) is 2.31. The van der Waals surface area contributed by atoms with E-state index in [-0.39, 0.29) is 5.92 Å². The maximum atomic E-state index is 12.4. The van der Waals surface area contributed by atoms with Crippen molar-refractivity contribution in [2.75, 3.05) is 6.61 Å². The van der Waals surface area contributed by atoms with Crippen LogP contribution in [0, 0.1) is 24.2 Å². The maximum absolute atomic E-state index is 12.4. The molecule has 0 spiro atoms. The van der Waals surface area contributed by atoms with Crippen molar-refractivity contribution in [3.05, 3.63) is 41.6 Å². The quantitative estimate of drug-likeness (QED) is 0.846. The average Bonchev–Trinajstić information content (AvgIpc) is 2.58. The van der Waals surface area contributed by atoms with Gasteiger partial charge in [-0.2, -0.15) is 5.26 Å². The first-order valence-corrected chi connectivity index (χ1v) is 8.02. The van der Waals surface area contributed by atoms with Crippen LogP contribution in [0.3, 0.4) is 0 Å². The van der Waals surface area contributed by atoms with Crippen molar-refractivity contribution >= 4 is 22.8 Å². The number of aromatic nitrogens is 1. The normalized spacial score (nSPS) is 13.1. The molecule has 0 fully saturated rings. The number of fused-ring (bicyclic) bond motifs is 1. The van der Waals surface area contributed by atoms with Crippen molar-refractivity contribution < 1.29 is 14.3 Å². The molecule has 6 heteroatoms. The molecule has 1 aromatic carbocycles. The Labute approximate surface area is 146 Å². The first-order chi connectivity index (χ1) is 11.8. The molecular weight excluding hydrogens is 318 g/mol. The number of carbonyl (C=O) groups is 2. The SMILES string of the molecule is Cc1cc(C(=O)OCC(=O)N[C@@](C)(C#N)C(C)C)c2ccccc2n1. The minimum Gasteiger partial charge on any atom is -0.452 e. The molecule has 0 aliphatic heterocycles. The summed E-state index contributed by atoms with van der Waals surface area (Å²) in [4.78, 5) is 28.8. The van der Waals surface area contributed by atoms with Crippen LogP contribution in [-0.4, -0.2) is 29.0 Å². The number of nitrogens with zero attached hydrogens (tertiary/aromatic N) is 2. The van der Waals surface area contributed by atoms with Gasteiger partial charge in [0.25, 0.3) is 5.91 Å². The third-order valence-electron chi connectivity index (χ3n) is 4.18. The van der Waals surface area contributed by atoms with Crippen LogP contribution in [-0.2, 0) is 9.53 Å². The summed E-state index contributed by atoms with van der Waals surface area (Å²) >= 11 is 0. The van der Waals surface area contributed by atoms with Gasteiger partial charge in [-0.05, 0) is 31.9 Å². The molecule has 0 bridgehead atoms. The lowest BCUT2D eigenvalue weighted by molar-refractivity contribution is -0.125. The molecule has 1 N–H and O–H groups in total. The van der Waals surface area contributed by atoms with Gasteiger partial charge in [-0.15, -0.1) is 0 Å². The number of amides is 1. The highest BCUT2D eigenvalue weighted by atomic mass is 16.5. The van der Waals surface area contributed by atoms with E-state index in [9.17, 15) is 14.9 Å². The van der Waals surface area contributed by atoms with E-state index in [1.165, 1.54) is 0 Å². The standard InChI is InChI=1S/C19H21N3O3/c1-12(2)19(4,11-20)22-17(23)10-25-18(24)15-9-13(3)21-16-8-6-5-7-14(15)16/h5-9,12H,10H2,1-4H3,(H,22,23)/t19-/m0/s1. The van der Waals surface area contributed by atoms with Crippen LogP contribution in [0.2, 0.25) is 0 Å². The molecule has 6 nitrogen and oxygen atoms in total. The van der Waals surface area contributed by atoms with Crippen molar-refractivity contribution in [1.29, 1.82) is 5.26 Å². The van der Waals surface area contributed by atoms with Gasteiger partial charge >= 0.3 is 5.97 Å². The lowest BCUT2D eigenvalue weighted by Crippen LogP contribution is -2.50. The Balaban J connectivity index is 2.11. The van der Waals surface area contributed by atoms with Gasteiger partial charge in [-0.3, -0.25) is 9.78 Å². The van der Waals surface area contributed by atoms with E-state index >= 15 is 0 Å². The van der Waals surface area contributed by atoms with Crippen molar-refractivity contribution in [2.24, 2.45) is 5.92 Å². The van der Waals surface area contributed by atoms with Gasteiger partial charge in [0.05, 0.1) is 17.1 Å². The zero-order valence-corrected chi connectivity index (χ0v) is 14.8. The highest BCUT2D eigenvalue weighted by molar-refractivity contribution is 6.04. The predicted octanol–water partition coefficient (Wildman–Crippen LogP) is 2.75. The third-order valence-corrected chi connectivity index (χ3v) is 4.18. The molecule has 1 aromatic heterocycles. The number of pyridine rings is 1. The Bertz CT molecular complexity index is 855. The molecule has 1 heterocycles. The smallest absolute Gasteiger partial charge is 0.339 e. The van der Waals surface area contributed by atoms with Crippen LogP contribution >= 0.6 is 0 Å². The number of hydrogen-bond acceptors (Lipinski definition) is 5. The van der Waals surface area contributed by atoms with E-state index in [1.807, 2.05) is 32.0 Å². The molecule has 0 saturated heterocycles. The molecule has 2 rings (SSSR count). The van der Waals surface area contributed by atoms with Crippen LogP contribution in [0.4, 0.5) is 0 Å². The Kier molecular flexibility index (Phi) is 5.38. The van der Waals surface area contributed by atoms with Crippen molar-refractivity contribution in [3.63, 3.8) is 0 Å². The summed E-state index contributed by atoms with van der Waals surface area (Å²) in [7, 11) is 0. The van der Waals surface area contributed by atoms with Crippen molar-refractivity contribution in [1.82, 2.24) is 10.3 Å². The molecule has 2 aromatic rings. The van der Waals surface area contributed by atoms with Crippen LogP contribution < -0.4 is 5.32 Å². The summed E-state index contributed by atoms with van der Waals surface area (Å²) in [6.45, 7) is 6.65. The van der Waals surface area contributed by atoms with Crippen molar-refractivity contribution in [2.45, 2.75) is 33.2 Å². The molecule has 1 amide bonds. The zero-order valence-electron chi connectivity index (χ0n) is 14.8. The van der Waals surface area contributed by atoms with E-state index in [2.05, 4.69) is 16.4 Å². The fourth-order valence-electron chi connectivity index (χ4n) is 2.31. The number of hydrogen-bond donors (Lipinski definition) is 1. The lowest BCUT2D eigenvalue weighted by Gasteiger charge is -2.27. The number of nitrogens with one attached hydrogen (secondary N) is 1. The maximum Gasteiger partial charge on any atom is 0.339 e. The second kappa shape index (κ2) is 7.31. The van der Waals surface area contributed by atoms with E-state index in [0.29, 0.717) is 22.2 Å². The second-order valence-corrected chi connectivity index (χ2v) is 6.42. The number of nitriles is 1. The van der Waals surface area contributed by atoms with Gasteiger partial charge in [-0.1, -0.05) is 32.0 Å². The number of ether oxygens (including phenoxy) is 1. The van der Waals surface area contributed by atoms with E-state index in [1.54, 1.807) is 26.0 Å². The molecule has 130 valence electrons. The molecule has 0 radical (unpaired) electrons. The van der Waals surface area contributed by atoms with Crippen LogP contribution in [0.25, 0.3) is 10.9 Å². The summed E-state index contributed by atoms with van der Waals surface area (Å²) in [6.07, 6.45) is 0. The monoisotopic (exact) mass is 339 g/mol. The largest absolute Gasteiger partial charge is 0.452 e. The number of esters is 1. The number of para-hydroxylation sites is 1. The number of rotatable bonds is 5. The Hall–Kier alpha value is -2.94. The highest BCUT2D eigenvalue weighted by Crippen LogP contribution is 2.19. The highest BCUT2D eigenvalue weighted by Gasteiger charge is 2.30. The first kappa shape index (κ1) is 18.4. The molecular formula is C19H21N3O3. The van der Waals surface area contributed by atoms with E-state index in [0.717, 1.165) is 0 Å². The molecule has 0 unspecified atom stereocenters. The third kappa shape index (κ3) is 4.13. The topological polar surface area (TPSA) is 92.1 Å². The van der Waals surface area contributed by atoms with Crippen molar-refractivity contribution in [3.8, 4) is 6.07 Å². The summed E-state index contributed by atoms with van der Waals surface area (Å²) in [6, 6.07) is 11.0. The Morgan fingerprint density at radius 3 is 2.68 bits per heavy atom. The average molecular weight is 339 g/mol. The minimum atomic E-state index is -1.01. The van der Waals surface area contributed by atoms with E-state index < -0.39 is 24.0 Å². The molecule has 0 aliphatic rings. The van der Waals surface area contributed by atoms with Gasteiger partial charge in [0.1, 0.15) is 5.54 Å². The second-order valence-electron chi connectivity index (χ2n) is 6.42. The van der Waals surface area contributed by atoms with Crippen LogP contribution in [0.5, 0.6) is 0 Å². The predicted molar refractivity (Wildman–Crippen MR) is 93.8 cm³/mol. The Morgan fingerprint density at radius 1 is 1.36 bits per heavy atom. The number of benzene rings is 1. The van der Waals surface area contributed by atoms with Crippen LogP contribution in [0.15, 0.2) is 30.3 Å². The summed E-state index contributed by atoms with van der Waals surface area (Å²) in [5.41, 5.74) is 0.731. The minimum absolute atomic E-state index is 0.0797. The zero-order chi connectivity index (χ0) is 18.6. The lowest BCUT2D eigenvalue weighted by atomic mass is 9.90. The van der Waals surface area contributed by atoms with Gasteiger partial charge in [0.15, 0.2) is 6.61 Å². The van der Waals surface area contributed by atoms with Crippen LogP contribution in [0.1, 0.15) is 36.8 Å². The Morgan fingerprint density at radius 2 is 2.04 bits per heavy atom. The number of carbonyl (C=O) groups excluding carboxylic acids is 2. The molecule has 1 atom stereocenters. The summed E-state index contributed by atoms with van der Waals surface area (Å²) in [5.74, 6) is -1.19. The first-order valence-electron chi connectivity index (χ1n) is 8.02. The van der Waals surface area contributed by atoms with Gasteiger partial charge in [0, 0.05) is 11.1 Å². The van der Waals surface area contributed by atoms with Gasteiger partial charge < -0.3 is 10.1 Å². The molecule has 25 heavy (non-hydrogen) atoms. The van der Waals surface area contributed by atoms with E-state index in [4.69, 9.17) is 4.74 Å². The van der Waals surface area contributed by atoms with Gasteiger partial charge in [-0.25, -0.2) is 4.79 Å². The van der Waals surface area contributed by atoms with Gasteiger partial charge in [0.2, 0.25) is 0 Å². The summed E-state index contributed by atoms with van der Waals surface area (Å²) in [5, 5.41) is 12.5. The molecule has 0 saturated carbocycles.